The first kappa shape index (κ1) is 21.0. The molecular weight excluding hydrogens is 384 g/mol. The second kappa shape index (κ2) is 9.08. The van der Waals surface area contributed by atoms with E-state index in [1.54, 1.807) is 13.0 Å². The van der Waals surface area contributed by atoms with Crippen molar-refractivity contribution in [1.82, 2.24) is 10.9 Å². The minimum Gasteiger partial charge on any atom is -0.508 e. The standard InChI is InChI=1S/C19H19ClN4O4/c1-10-15(7-6-13(9-21)16(10)20)22-17(11(2)25)19(28)24-23-18(27)12-4-3-5-14(26)8-12/h3-8,11,17,22,25-26H,1-2H3,(H,23,27)(H,24,28)/t11-,17-/m1/s1. The van der Waals surface area contributed by atoms with Crippen LogP contribution >= 0.6 is 11.6 Å². The number of rotatable bonds is 5. The minimum absolute atomic E-state index is 0.0873. The molecule has 2 rings (SSSR count). The molecule has 28 heavy (non-hydrogen) atoms. The molecule has 9 heteroatoms. The van der Waals surface area contributed by atoms with Crippen molar-refractivity contribution in [2.45, 2.75) is 26.0 Å². The molecule has 0 spiro atoms. The Bertz CT molecular complexity index is 940. The van der Waals surface area contributed by atoms with Crippen molar-refractivity contribution in [1.29, 1.82) is 5.26 Å². The molecule has 0 aliphatic carbocycles. The van der Waals surface area contributed by atoms with Crippen LogP contribution in [0.25, 0.3) is 0 Å². The van der Waals surface area contributed by atoms with Gasteiger partial charge in [-0.25, -0.2) is 0 Å². The molecule has 0 bridgehead atoms. The molecule has 5 N–H and O–H groups in total. The molecule has 0 saturated carbocycles. The summed E-state index contributed by atoms with van der Waals surface area (Å²) >= 11 is 6.12. The van der Waals surface area contributed by atoms with Crippen LogP contribution in [0.1, 0.15) is 28.4 Å². The van der Waals surface area contributed by atoms with Crippen LogP contribution in [-0.2, 0) is 4.79 Å². The van der Waals surface area contributed by atoms with Crippen LogP contribution in [0.4, 0.5) is 5.69 Å². The average Bonchev–Trinajstić information content (AvgIpc) is 2.66. The van der Waals surface area contributed by atoms with Crippen LogP contribution in [0.2, 0.25) is 5.02 Å². The smallest absolute Gasteiger partial charge is 0.269 e. The maximum absolute atomic E-state index is 12.4. The van der Waals surface area contributed by atoms with Gasteiger partial charge in [-0.15, -0.1) is 0 Å². The van der Waals surface area contributed by atoms with Crippen molar-refractivity contribution >= 4 is 29.1 Å². The van der Waals surface area contributed by atoms with Gasteiger partial charge >= 0.3 is 0 Å². The number of aliphatic hydroxyl groups is 1. The molecule has 0 fully saturated rings. The Kier molecular flexibility index (Phi) is 6.82. The zero-order valence-corrected chi connectivity index (χ0v) is 15.9. The van der Waals surface area contributed by atoms with Crippen molar-refractivity contribution in [2.24, 2.45) is 0 Å². The summed E-state index contributed by atoms with van der Waals surface area (Å²) in [5, 5.41) is 31.5. The molecule has 8 nitrogen and oxygen atoms in total. The summed E-state index contributed by atoms with van der Waals surface area (Å²) < 4.78 is 0. The monoisotopic (exact) mass is 402 g/mol. The third-order valence-electron chi connectivity index (χ3n) is 3.99. The zero-order valence-electron chi connectivity index (χ0n) is 15.2. The molecule has 0 heterocycles. The van der Waals surface area contributed by atoms with E-state index in [9.17, 15) is 19.8 Å². The summed E-state index contributed by atoms with van der Waals surface area (Å²) in [5.74, 6) is -1.41. The Morgan fingerprint density at radius 3 is 2.54 bits per heavy atom. The number of hydrogen-bond acceptors (Lipinski definition) is 6. The Morgan fingerprint density at radius 1 is 1.21 bits per heavy atom. The maximum atomic E-state index is 12.4. The first-order chi connectivity index (χ1) is 13.2. The number of amides is 2. The van der Waals surface area contributed by atoms with Gasteiger partial charge in [-0.1, -0.05) is 17.7 Å². The van der Waals surface area contributed by atoms with E-state index in [1.807, 2.05) is 6.07 Å². The van der Waals surface area contributed by atoms with Gasteiger partial charge in [-0.3, -0.25) is 20.4 Å². The van der Waals surface area contributed by atoms with E-state index in [-0.39, 0.29) is 16.3 Å². The van der Waals surface area contributed by atoms with Gasteiger partial charge < -0.3 is 15.5 Å². The number of carbonyl (C=O) groups excluding carboxylic acids is 2. The number of phenolic OH excluding ortho intramolecular Hbond substituents is 1. The second-order valence-corrected chi connectivity index (χ2v) is 6.45. The van der Waals surface area contributed by atoms with Crippen molar-refractivity contribution in [2.75, 3.05) is 5.32 Å². The molecule has 2 atom stereocenters. The summed E-state index contributed by atoms with van der Waals surface area (Å²) in [4.78, 5) is 24.5. The fraction of sp³-hybridized carbons (Fsp3) is 0.211. The number of anilines is 1. The highest BCUT2D eigenvalue weighted by Gasteiger charge is 2.25. The highest BCUT2D eigenvalue weighted by Crippen LogP contribution is 2.27. The lowest BCUT2D eigenvalue weighted by Gasteiger charge is -2.23. The molecule has 2 aromatic rings. The summed E-state index contributed by atoms with van der Waals surface area (Å²) in [5.41, 5.74) is 5.90. The van der Waals surface area contributed by atoms with Gasteiger partial charge in [0, 0.05) is 11.3 Å². The summed E-state index contributed by atoms with van der Waals surface area (Å²) in [6.45, 7) is 3.08. The van der Waals surface area contributed by atoms with Crippen molar-refractivity contribution in [3.05, 3.63) is 58.1 Å². The third-order valence-corrected chi connectivity index (χ3v) is 4.48. The van der Waals surface area contributed by atoms with E-state index < -0.39 is 24.0 Å². The first-order valence-electron chi connectivity index (χ1n) is 8.27. The summed E-state index contributed by atoms with van der Waals surface area (Å²) in [6, 6.07) is 9.54. The molecular formula is C19H19ClN4O4. The SMILES string of the molecule is Cc1c(N[C@@H](C(=O)NNC(=O)c2cccc(O)c2)[C@@H](C)O)ccc(C#N)c1Cl. The third kappa shape index (κ3) is 4.91. The average molecular weight is 403 g/mol. The van der Waals surface area contributed by atoms with Gasteiger partial charge in [0.25, 0.3) is 11.8 Å². The van der Waals surface area contributed by atoms with Gasteiger partial charge in [-0.05, 0) is 49.7 Å². The number of nitrogens with zero attached hydrogens (tertiary/aromatic N) is 1. The molecule has 0 aliphatic rings. The molecule has 2 amide bonds. The predicted molar refractivity (Wildman–Crippen MR) is 104 cm³/mol. The van der Waals surface area contributed by atoms with Crippen LogP contribution in [0, 0.1) is 18.3 Å². The van der Waals surface area contributed by atoms with E-state index in [0.29, 0.717) is 16.8 Å². The number of benzene rings is 2. The minimum atomic E-state index is -1.11. The van der Waals surface area contributed by atoms with Crippen molar-refractivity contribution < 1.29 is 19.8 Å². The van der Waals surface area contributed by atoms with Gasteiger partial charge in [0.05, 0.1) is 16.7 Å². The summed E-state index contributed by atoms with van der Waals surface area (Å²) in [7, 11) is 0. The first-order valence-corrected chi connectivity index (χ1v) is 8.65. The Hall–Kier alpha value is -3.28. The van der Waals surface area contributed by atoms with E-state index in [2.05, 4.69) is 16.2 Å². The second-order valence-electron chi connectivity index (χ2n) is 6.07. The fourth-order valence-corrected chi connectivity index (χ4v) is 2.62. The Balaban J connectivity index is 2.09. The number of carbonyl (C=O) groups is 2. The lowest BCUT2D eigenvalue weighted by atomic mass is 10.1. The number of aliphatic hydroxyl groups excluding tert-OH is 1. The number of hydrazine groups is 1. The van der Waals surface area contributed by atoms with Crippen molar-refractivity contribution in [3.63, 3.8) is 0 Å². The molecule has 2 aromatic carbocycles. The van der Waals surface area contributed by atoms with Crippen LogP contribution < -0.4 is 16.2 Å². The normalized spacial score (nSPS) is 12.4. The van der Waals surface area contributed by atoms with Crippen LogP contribution in [0.5, 0.6) is 5.75 Å². The number of nitrogens with one attached hydrogen (secondary N) is 3. The van der Waals surface area contributed by atoms with Crippen LogP contribution in [-0.4, -0.2) is 34.2 Å². The van der Waals surface area contributed by atoms with E-state index >= 15 is 0 Å². The summed E-state index contributed by atoms with van der Waals surface area (Å²) in [6.07, 6.45) is -1.11. The maximum Gasteiger partial charge on any atom is 0.269 e. The highest BCUT2D eigenvalue weighted by atomic mass is 35.5. The van der Waals surface area contributed by atoms with Gasteiger partial charge in [0.2, 0.25) is 0 Å². The predicted octanol–water partition coefficient (Wildman–Crippen LogP) is 1.85. The highest BCUT2D eigenvalue weighted by molar-refractivity contribution is 6.32. The van der Waals surface area contributed by atoms with Gasteiger partial charge in [-0.2, -0.15) is 5.26 Å². The van der Waals surface area contributed by atoms with Crippen LogP contribution in [0.3, 0.4) is 0 Å². The topological polar surface area (TPSA) is 134 Å². The fourth-order valence-electron chi connectivity index (χ4n) is 2.42. The molecule has 0 radical (unpaired) electrons. The molecule has 0 aromatic heterocycles. The lowest BCUT2D eigenvalue weighted by Crippen LogP contribution is -2.52. The van der Waals surface area contributed by atoms with E-state index in [1.165, 1.54) is 37.3 Å². The van der Waals surface area contributed by atoms with Crippen molar-refractivity contribution in [3.8, 4) is 11.8 Å². The quantitative estimate of drug-likeness (QED) is 0.484. The van der Waals surface area contributed by atoms with Gasteiger partial charge in [0.15, 0.2) is 0 Å². The van der Waals surface area contributed by atoms with Crippen LogP contribution in [0.15, 0.2) is 36.4 Å². The van der Waals surface area contributed by atoms with E-state index in [0.717, 1.165) is 0 Å². The Morgan fingerprint density at radius 2 is 1.93 bits per heavy atom. The molecule has 0 saturated heterocycles. The number of halogens is 1. The van der Waals surface area contributed by atoms with E-state index in [4.69, 9.17) is 16.9 Å². The number of hydrogen-bond donors (Lipinski definition) is 5. The number of phenols is 1. The largest absolute Gasteiger partial charge is 0.508 e. The Labute approximate surface area is 166 Å². The molecule has 146 valence electrons. The zero-order chi connectivity index (χ0) is 20.8. The number of aromatic hydroxyl groups is 1. The lowest BCUT2D eigenvalue weighted by molar-refractivity contribution is -0.124. The van der Waals surface area contributed by atoms with Gasteiger partial charge in [0.1, 0.15) is 17.9 Å². The number of nitriles is 1. The molecule has 0 aliphatic heterocycles. The molecule has 0 unspecified atom stereocenters.